The SMILES string of the molecule is C=C(C=N/C(C)=C\C)C(C)(C)C. The number of aliphatic imine (C=N–C) groups is 1. The zero-order valence-electron chi connectivity index (χ0n) is 8.81. The van der Waals surface area contributed by atoms with Crippen LogP contribution in [0.25, 0.3) is 0 Å². The molecule has 0 aromatic carbocycles. The molecule has 0 atom stereocenters. The zero-order valence-corrected chi connectivity index (χ0v) is 8.81. The lowest BCUT2D eigenvalue weighted by molar-refractivity contribution is 0.528. The Balaban J connectivity index is 4.29. The monoisotopic (exact) mass is 165 g/mol. The Morgan fingerprint density at radius 1 is 1.33 bits per heavy atom. The Hall–Kier alpha value is -0.850. The van der Waals surface area contributed by atoms with Gasteiger partial charge in [0.05, 0.1) is 0 Å². The summed E-state index contributed by atoms with van der Waals surface area (Å²) >= 11 is 0. The molecule has 0 bridgehead atoms. The molecule has 0 unspecified atom stereocenters. The molecule has 0 saturated heterocycles. The van der Waals surface area contributed by atoms with Crippen LogP contribution in [-0.2, 0) is 0 Å². The maximum atomic E-state index is 4.25. The van der Waals surface area contributed by atoms with Gasteiger partial charge in [-0.25, -0.2) is 0 Å². The zero-order chi connectivity index (χ0) is 9.78. The van der Waals surface area contributed by atoms with E-state index in [0.717, 1.165) is 11.3 Å². The molecule has 0 amide bonds. The lowest BCUT2D eigenvalue weighted by Gasteiger charge is -2.17. The molecular weight excluding hydrogens is 146 g/mol. The molecule has 0 aliphatic rings. The molecule has 0 heterocycles. The highest BCUT2D eigenvalue weighted by Crippen LogP contribution is 2.21. The molecule has 12 heavy (non-hydrogen) atoms. The van der Waals surface area contributed by atoms with Crippen molar-refractivity contribution in [2.45, 2.75) is 34.6 Å². The smallest absolute Gasteiger partial charge is 0.0330 e. The fourth-order valence-corrected chi connectivity index (χ4v) is 0.448. The van der Waals surface area contributed by atoms with Crippen LogP contribution in [0.2, 0.25) is 0 Å². The summed E-state index contributed by atoms with van der Waals surface area (Å²) in [4.78, 5) is 4.25. The maximum Gasteiger partial charge on any atom is 0.0330 e. The Kier molecular flexibility index (Phi) is 3.94. The van der Waals surface area contributed by atoms with Gasteiger partial charge >= 0.3 is 0 Å². The highest BCUT2D eigenvalue weighted by Gasteiger charge is 2.12. The molecule has 68 valence electrons. The van der Waals surface area contributed by atoms with E-state index >= 15 is 0 Å². The number of allylic oxidation sites excluding steroid dienone is 3. The summed E-state index contributed by atoms with van der Waals surface area (Å²) in [6, 6.07) is 0. The van der Waals surface area contributed by atoms with Crippen molar-refractivity contribution in [3.8, 4) is 0 Å². The van der Waals surface area contributed by atoms with Crippen LogP contribution in [0.15, 0.2) is 28.9 Å². The van der Waals surface area contributed by atoms with E-state index in [0.29, 0.717) is 0 Å². The van der Waals surface area contributed by atoms with Gasteiger partial charge in [0, 0.05) is 11.9 Å². The van der Waals surface area contributed by atoms with Gasteiger partial charge in [-0.1, -0.05) is 33.4 Å². The van der Waals surface area contributed by atoms with Crippen LogP contribution in [0.1, 0.15) is 34.6 Å². The third-order valence-electron chi connectivity index (χ3n) is 1.81. The molecule has 1 nitrogen and oxygen atoms in total. The van der Waals surface area contributed by atoms with Gasteiger partial charge in [-0.05, 0) is 24.8 Å². The van der Waals surface area contributed by atoms with Crippen molar-refractivity contribution in [1.82, 2.24) is 0 Å². The highest BCUT2D eigenvalue weighted by molar-refractivity contribution is 5.79. The summed E-state index contributed by atoms with van der Waals surface area (Å²) in [7, 11) is 0. The van der Waals surface area contributed by atoms with Gasteiger partial charge in [0.1, 0.15) is 0 Å². The minimum absolute atomic E-state index is 0.123. The van der Waals surface area contributed by atoms with Crippen LogP contribution in [0.3, 0.4) is 0 Å². The van der Waals surface area contributed by atoms with Gasteiger partial charge in [0.2, 0.25) is 0 Å². The first-order valence-electron chi connectivity index (χ1n) is 4.24. The Bertz CT molecular complexity index is 214. The molecule has 0 radical (unpaired) electrons. The van der Waals surface area contributed by atoms with Crippen molar-refractivity contribution < 1.29 is 0 Å². The van der Waals surface area contributed by atoms with Crippen LogP contribution in [-0.4, -0.2) is 6.21 Å². The molecule has 0 aliphatic heterocycles. The predicted octanol–water partition coefficient (Wildman–Crippen LogP) is 3.58. The van der Waals surface area contributed by atoms with Gasteiger partial charge < -0.3 is 0 Å². The molecule has 0 rings (SSSR count). The largest absolute Gasteiger partial charge is 0.262 e. The van der Waals surface area contributed by atoms with E-state index in [2.05, 4.69) is 32.3 Å². The van der Waals surface area contributed by atoms with Crippen molar-refractivity contribution in [2.75, 3.05) is 0 Å². The van der Waals surface area contributed by atoms with Crippen LogP contribution in [0, 0.1) is 5.41 Å². The predicted molar refractivity (Wildman–Crippen MR) is 56.5 cm³/mol. The quantitative estimate of drug-likeness (QED) is 0.554. The Labute approximate surface area is 75.9 Å². The maximum absolute atomic E-state index is 4.25. The lowest BCUT2D eigenvalue weighted by atomic mass is 9.88. The first-order valence-corrected chi connectivity index (χ1v) is 4.24. The van der Waals surface area contributed by atoms with Gasteiger partial charge in [0.25, 0.3) is 0 Å². The third-order valence-corrected chi connectivity index (χ3v) is 1.81. The third kappa shape index (κ3) is 4.12. The first kappa shape index (κ1) is 11.2. The number of hydrogen-bond donors (Lipinski definition) is 0. The van der Waals surface area contributed by atoms with Crippen molar-refractivity contribution in [3.05, 3.63) is 23.9 Å². The topological polar surface area (TPSA) is 12.4 Å². The van der Waals surface area contributed by atoms with E-state index in [9.17, 15) is 0 Å². The molecular formula is C11H19N. The first-order chi connectivity index (χ1) is 5.38. The second-order valence-corrected chi connectivity index (χ2v) is 3.96. The molecule has 0 N–H and O–H groups in total. The van der Waals surface area contributed by atoms with E-state index in [1.807, 2.05) is 26.1 Å². The van der Waals surface area contributed by atoms with Gasteiger partial charge in [0.15, 0.2) is 0 Å². The van der Waals surface area contributed by atoms with Crippen LogP contribution in [0.4, 0.5) is 0 Å². The van der Waals surface area contributed by atoms with E-state index in [1.165, 1.54) is 0 Å². The summed E-state index contributed by atoms with van der Waals surface area (Å²) in [5.74, 6) is 0. The van der Waals surface area contributed by atoms with E-state index in [-0.39, 0.29) is 5.41 Å². The molecule has 0 aromatic heterocycles. The van der Waals surface area contributed by atoms with Crippen molar-refractivity contribution in [1.29, 1.82) is 0 Å². The number of rotatable bonds is 2. The minimum Gasteiger partial charge on any atom is -0.262 e. The summed E-state index contributed by atoms with van der Waals surface area (Å²) in [5.41, 5.74) is 2.21. The second kappa shape index (κ2) is 4.24. The van der Waals surface area contributed by atoms with E-state index in [4.69, 9.17) is 0 Å². The Morgan fingerprint density at radius 3 is 2.17 bits per heavy atom. The average molecular weight is 165 g/mol. The van der Waals surface area contributed by atoms with Gasteiger partial charge in [-0.15, -0.1) is 0 Å². The molecule has 0 saturated carbocycles. The summed E-state index contributed by atoms with van der Waals surface area (Å²) < 4.78 is 0. The van der Waals surface area contributed by atoms with Crippen molar-refractivity contribution in [2.24, 2.45) is 10.4 Å². The summed E-state index contributed by atoms with van der Waals surface area (Å²) in [6.45, 7) is 14.3. The normalized spacial score (nSPS) is 13.9. The summed E-state index contributed by atoms with van der Waals surface area (Å²) in [6.07, 6.45) is 3.82. The molecule has 0 spiro atoms. The Morgan fingerprint density at radius 2 is 1.83 bits per heavy atom. The second-order valence-electron chi connectivity index (χ2n) is 3.96. The van der Waals surface area contributed by atoms with Crippen LogP contribution < -0.4 is 0 Å². The lowest BCUT2D eigenvalue weighted by Crippen LogP contribution is -2.08. The summed E-state index contributed by atoms with van der Waals surface area (Å²) in [5, 5.41) is 0. The fourth-order valence-electron chi connectivity index (χ4n) is 0.448. The molecule has 0 aliphatic carbocycles. The van der Waals surface area contributed by atoms with Crippen molar-refractivity contribution in [3.63, 3.8) is 0 Å². The molecule has 1 heteroatoms. The van der Waals surface area contributed by atoms with Crippen LogP contribution >= 0.6 is 0 Å². The fraction of sp³-hybridized carbons (Fsp3) is 0.545. The van der Waals surface area contributed by atoms with Gasteiger partial charge in [-0.3, -0.25) is 4.99 Å². The standard InChI is InChI=1S/C11H19N/c1-7-10(3)12-8-9(2)11(4,5)6/h7-8H,2H2,1,3-6H3/b10-7-,12-8?. The van der Waals surface area contributed by atoms with E-state index in [1.54, 1.807) is 0 Å². The van der Waals surface area contributed by atoms with Crippen LogP contribution in [0.5, 0.6) is 0 Å². The minimum atomic E-state index is 0.123. The number of hydrogen-bond acceptors (Lipinski definition) is 1. The molecule has 0 aromatic rings. The van der Waals surface area contributed by atoms with Gasteiger partial charge in [-0.2, -0.15) is 0 Å². The number of nitrogens with zero attached hydrogens (tertiary/aromatic N) is 1. The molecule has 0 fully saturated rings. The average Bonchev–Trinajstić information content (AvgIpc) is 1.97. The van der Waals surface area contributed by atoms with Crippen molar-refractivity contribution >= 4 is 6.21 Å². The van der Waals surface area contributed by atoms with E-state index < -0.39 is 0 Å². The highest BCUT2D eigenvalue weighted by atomic mass is 14.7.